The van der Waals surface area contributed by atoms with Crippen molar-refractivity contribution < 1.29 is 22.7 Å². The van der Waals surface area contributed by atoms with Crippen LogP contribution in [0.25, 0.3) is 11.3 Å². The first-order valence-electron chi connectivity index (χ1n) is 9.18. The van der Waals surface area contributed by atoms with E-state index in [1.807, 2.05) is 30.3 Å². The van der Waals surface area contributed by atoms with Gasteiger partial charge in [0.15, 0.2) is 5.82 Å². The third-order valence-corrected chi connectivity index (χ3v) is 5.11. The lowest BCUT2D eigenvalue weighted by Crippen LogP contribution is -2.24. The number of esters is 1. The Morgan fingerprint density at radius 3 is 2.50 bits per heavy atom. The van der Waals surface area contributed by atoms with Crippen molar-refractivity contribution >= 4 is 11.8 Å². The predicted molar refractivity (Wildman–Crippen MR) is 106 cm³/mol. The number of methoxy groups -OCH3 is 1. The number of hydrogen-bond donors (Lipinski definition) is 2. The van der Waals surface area contributed by atoms with Crippen molar-refractivity contribution in [1.29, 1.82) is 0 Å². The summed E-state index contributed by atoms with van der Waals surface area (Å²) in [6.07, 6.45) is -4.51. The summed E-state index contributed by atoms with van der Waals surface area (Å²) in [5.74, 6) is -0.945. The van der Waals surface area contributed by atoms with E-state index in [0.29, 0.717) is 28.3 Å². The third kappa shape index (κ3) is 3.34. The molecule has 0 radical (unpaired) electrons. The first kappa shape index (κ1) is 19.8. The van der Waals surface area contributed by atoms with Crippen molar-refractivity contribution in [3.05, 3.63) is 82.6 Å². The van der Waals surface area contributed by atoms with Crippen molar-refractivity contribution in [2.24, 2.45) is 0 Å². The molecule has 2 N–H and O–H groups in total. The van der Waals surface area contributed by atoms with Gasteiger partial charge in [-0.15, -0.1) is 0 Å². The van der Waals surface area contributed by atoms with Gasteiger partial charge in [0, 0.05) is 17.2 Å². The summed E-state index contributed by atoms with van der Waals surface area (Å²) in [6.45, 7) is 1.67. The fourth-order valence-corrected chi connectivity index (χ4v) is 3.77. The van der Waals surface area contributed by atoms with Crippen molar-refractivity contribution in [2.45, 2.75) is 19.0 Å². The zero-order valence-electron chi connectivity index (χ0n) is 16.2. The Balaban J connectivity index is 1.97. The van der Waals surface area contributed by atoms with Gasteiger partial charge in [0.05, 0.1) is 23.9 Å². The summed E-state index contributed by atoms with van der Waals surface area (Å²) in [6, 6.07) is 14.3. The molecular weight excluding hydrogens is 395 g/mol. The molecule has 1 aliphatic heterocycles. The molecule has 30 heavy (non-hydrogen) atoms. The van der Waals surface area contributed by atoms with Crippen LogP contribution in [0.5, 0.6) is 0 Å². The number of H-pyrrole nitrogens is 1. The number of halogens is 3. The Labute approximate surface area is 170 Å². The van der Waals surface area contributed by atoms with Crippen LogP contribution in [0.1, 0.15) is 29.5 Å². The van der Waals surface area contributed by atoms with Gasteiger partial charge in [0.2, 0.25) is 0 Å². The molecule has 4 rings (SSSR count). The number of nitrogens with zero attached hydrogens (tertiary/aromatic N) is 1. The van der Waals surface area contributed by atoms with Gasteiger partial charge in [0.1, 0.15) is 0 Å². The standard InChI is InChI=1S/C22H18F3N3O2/c1-12-16(21(29)30-2)17(14-9-6-10-15(11-14)22(23,24)25)18-19(27-28-20(18)26-12)13-7-4-3-5-8-13/h3-11,17H,1-2H3,(H2,26,27,28). The highest BCUT2D eigenvalue weighted by molar-refractivity contribution is 5.95. The molecule has 2 heterocycles. The Hall–Kier alpha value is -3.55. The number of aromatic amines is 1. The maximum Gasteiger partial charge on any atom is 0.416 e. The van der Waals surface area contributed by atoms with E-state index in [-0.39, 0.29) is 5.57 Å². The molecule has 0 amide bonds. The van der Waals surface area contributed by atoms with Gasteiger partial charge in [-0.2, -0.15) is 18.3 Å². The van der Waals surface area contributed by atoms with E-state index in [0.717, 1.165) is 17.7 Å². The number of carbonyl (C=O) groups is 1. The molecule has 0 bridgehead atoms. The topological polar surface area (TPSA) is 67.0 Å². The Bertz CT molecular complexity index is 1130. The van der Waals surface area contributed by atoms with Crippen molar-refractivity contribution in [1.82, 2.24) is 10.2 Å². The molecule has 1 aliphatic rings. The summed E-state index contributed by atoms with van der Waals surface area (Å²) < 4.78 is 45.1. The minimum Gasteiger partial charge on any atom is -0.466 e. The van der Waals surface area contributed by atoms with Crippen LogP contribution in [0.15, 0.2) is 65.9 Å². The number of carbonyl (C=O) groups excluding carboxylic acids is 1. The summed E-state index contributed by atoms with van der Waals surface area (Å²) in [7, 11) is 1.24. The average molecular weight is 413 g/mol. The average Bonchev–Trinajstić information content (AvgIpc) is 3.15. The predicted octanol–water partition coefficient (Wildman–Crippen LogP) is 5.10. The summed E-state index contributed by atoms with van der Waals surface area (Å²) >= 11 is 0. The SMILES string of the molecule is COC(=O)C1=C(C)Nc2n[nH]c(-c3ccccc3)c2C1c1cccc(C(F)(F)F)c1. The van der Waals surface area contributed by atoms with E-state index in [9.17, 15) is 18.0 Å². The Morgan fingerprint density at radius 2 is 1.83 bits per heavy atom. The molecule has 0 saturated carbocycles. The summed E-state index contributed by atoms with van der Waals surface area (Å²) in [5, 5.41) is 10.3. The van der Waals surface area contributed by atoms with Gasteiger partial charge < -0.3 is 10.1 Å². The zero-order chi connectivity index (χ0) is 21.5. The molecule has 2 aromatic carbocycles. The molecule has 0 fully saturated rings. The quantitative estimate of drug-likeness (QED) is 0.587. The Kier molecular flexibility index (Phi) is 4.85. The van der Waals surface area contributed by atoms with E-state index in [4.69, 9.17) is 4.74 Å². The second kappa shape index (κ2) is 7.37. The lowest BCUT2D eigenvalue weighted by Gasteiger charge is -2.28. The smallest absolute Gasteiger partial charge is 0.416 e. The molecule has 3 aromatic rings. The normalized spacial score (nSPS) is 16.1. The van der Waals surface area contributed by atoms with Crippen LogP contribution in [0.2, 0.25) is 0 Å². The summed E-state index contributed by atoms with van der Waals surface area (Å²) in [4.78, 5) is 12.6. The highest BCUT2D eigenvalue weighted by Gasteiger charge is 2.38. The molecule has 0 saturated heterocycles. The number of benzene rings is 2. The number of ether oxygens (including phenoxy) is 1. The van der Waals surface area contributed by atoms with E-state index in [2.05, 4.69) is 15.5 Å². The van der Waals surface area contributed by atoms with Crippen LogP contribution in [-0.2, 0) is 15.7 Å². The number of rotatable bonds is 3. The second-order valence-corrected chi connectivity index (χ2v) is 6.94. The van der Waals surface area contributed by atoms with Crippen LogP contribution in [0.4, 0.5) is 19.0 Å². The highest BCUT2D eigenvalue weighted by atomic mass is 19.4. The van der Waals surface area contributed by atoms with E-state index >= 15 is 0 Å². The molecule has 5 nitrogen and oxygen atoms in total. The first-order chi connectivity index (χ1) is 14.3. The van der Waals surface area contributed by atoms with Crippen LogP contribution < -0.4 is 5.32 Å². The van der Waals surface area contributed by atoms with Crippen LogP contribution >= 0.6 is 0 Å². The van der Waals surface area contributed by atoms with Crippen LogP contribution in [-0.4, -0.2) is 23.3 Å². The van der Waals surface area contributed by atoms with Crippen molar-refractivity contribution in [2.75, 3.05) is 12.4 Å². The van der Waals surface area contributed by atoms with Gasteiger partial charge in [-0.05, 0) is 24.1 Å². The third-order valence-electron chi connectivity index (χ3n) is 5.11. The molecule has 1 unspecified atom stereocenters. The number of allylic oxidation sites excluding steroid dienone is 1. The lowest BCUT2D eigenvalue weighted by molar-refractivity contribution is -0.137. The molecule has 154 valence electrons. The molecular formula is C22H18F3N3O2. The number of aromatic nitrogens is 2. The molecule has 8 heteroatoms. The second-order valence-electron chi connectivity index (χ2n) is 6.94. The molecule has 1 atom stereocenters. The number of anilines is 1. The maximum atomic E-state index is 13.4. The number of fused-ring (bicyclic) bond motifs is 1. The van der Waals surface area contributed by atoms with Gasteiger partial charge >= 0.3 is 12.1 Å². The number of hydrogen-bond acceptors (Lipinski definition) is 4. The van der Waals surface area contributed by atoms with Gasteiger partial charge in [-0.3, -0.25) is 5.10 Å². The van der Waals surface area contributed by atoms with E-state index < -0.39 is 23.6 Å². The Morgan fingerprint density at radius 1 is 1.10 bits per heavy atom. The van der Waals surface area contributed by atoms with Crippen LogP contribution in [0.3, 0.4) is 0 Å². The van der Waals surface area contributed by atoms with Crippen LogP contribution in [0, 0.1) is 0 Å². The molecule has 0 spiro atoms. The summed E-state index contributed by atoms with van der Waals surface area (Å²) in [5.41, 5.74) is 2.26. The number of alkyl halides is 3. The van der Waals surface area contributed by atoms with Crippen molar-refractivity contribution in [3.63, 3.8) is 0 Å². The fourth-order valence-electron chi connectivity index (χ4n) is 3.77. The minimum atomic E-state index is -4.51. The fraction of sp³-hybridized carbons (Fsp3) is 0.182. The minimum absolute atomic E-state index is 0.239. The maximum absolute atomic E-state index is 13.4. The van der Waals surface area contributed by atoms with Gasteiger partial charge in [-0.1, -0.05) is 48.5 Å². The zero-order valence-corrected chi connectivity index (χ0v) is 16.2. The van der Waals surface area contributed by atoms with E-state index in [1.54, 1.807) is 13.0 Å². The van der Waals surface area contributed by atoms with E-state index in [1.165, 1.54) is 13.2 Å². The lowest BCUT2D eigenvalue weighted by atomic mass is 9.80. The van der Waals surface area contributed by atoms with Gasteiger partial charge in [-0.25, -0.2) is 4.79 Å². The molecule has 1 aromatic heterocycles. The molecule has 0 aliphatic carbocycles. The highest BCUT2D eigenvalue weighted by Crippen LogP contribution is 2.46. The first-order valence-corrected chi connectivity index (χ1v) is 9.18. The monoisotopic (exact) mass is 413 g/mol. The number of nitrogens with one attached hydrogen (secondary N) is 2. The largest absolute Gasteiger partial charge is 0.466 e. The van der Waals surface area contributed by atoms with Crippen molar-refractivity contribution in [3.8, 4) is 11.3 Å². The van der Waals surface area contributed by atoms with Gasteiger partial charge in [0.25, 0.3) is 0 Å².